The number of amides is 1. The fourth-order valence-corrected chi connectivity index (χ4v) is 2.56. The van der Waals surface area contributed by atoms with E-state index in [1.54, 1.807) is 36.4 Å². The van der Waals surface area contributed by atoms with Crippen LogP contribution in [0, 0.1) is 5.82 Å². The van der Waals surface area contributed by atoms with E-state index in [2.05, 4.69) is 15.6 Å². The molecule has 0 aromatic heterocycles. The standard InChI is InChI=1S/C19H20FN3O2/c20-15-8-4-9-16(12-15)22-19(21-13-17-10-5-11-25-17)23-18(24)14-6-2-1-3-7-14/h1-4,6-9,12,17H,5,10-11,13H2,(H2,21,22,23,24)/t17-/m0/s1. The summed E-state index contributed by atoms with van der Waals surface area (Å²) in [5, 5.41) is 5.71. The lowest BCUT2D eigenvalue weighted by atomic mass is 10.2. The van der Waals surface area contributed by atoms with E-state index in [1.807, 2.05) is 6.07 Å². The number of anilines is 1. The van der Waals surface area contributed by atoms with Gasteiger partial charge in [-0.2, -0.15) is 0 Å². The highest BCUT2D eigenvalue weighted by Gasteiger charge is 2.16. The smallest absolute Gasteiger partial charge is 0.257 e. The number of halogens is 1. The summed E-state index contributed by atoms with van der Waals surface area (Å²) >= 11 is 0. The number of aliphatic imine (C=N–C) groups is 1. The maximum Gasteiger partial charge on any atom is 0.257 e. The molecule has 1 heterocycles. The van der Waals surface area contributed by atoms with Gasteiger partial charge in [0, 0.05) is 17.9 Å². The van der Waals surface area contributed by atoms with Gasteiger partial charge in [-0.1, -0.05) is 24.3 Å². The molecule has 25 heavy (non-hydrogen) atoms. The first-order valence-electron chi connectivity index (χ1n) is 8.26. The number of carbonyl (C=O) groups excluding carboxylic acids is 1. The van der Waals surface area contributed by atoms with Crippen molar-refractivity contribution in [2.24, 2.45) is 4.99 Å². The van der Waals surface area contributed by atoms with Gasteiger partial charge >= 0.3 is 0 Å². The van der Waals surface area contributed by atoms with Gasteiger partial charge in [0.25, 0.3) is 5.91 Å². The lowest BCUT2D eigenvalue weighted by Crippen LogP contribution is -2.36. The minimum Gasteiger partial charge on any atom is -0.376 e. The summed E-state index contributed by atoms with van der Waals surface area (Å²) in [5.41, 5.74) is 1.04. The number of nitrogens with one attached hydrogen (secondary N) is 2. The molecular weight excluding hydrogens is 321 g/mol. The molecule has 1 fully saturated rings. The number of rotatable bonds is 4. The molecule has 1 saturated heterocycles. The molecule has 6 heteroatoms. The summed E-state index contributed by atoms with van der Waals surface area (Å²) in [7, 11) is 0. The van der Waals surface area contributed by atoms with Crippen molar-refractivity contribution < 1.29 is 13.9 Å². The number of hydrogen-bond acceptors (Lipinski definition) is 3. The molecule has 0 spiro atoms. The number of guanidine groups is 1. The zero-order valence-corrected chi connectivity index (χ0v) is 13.7. The fourth-order valence-electron chi connectivity index (χ4n) is 2.56. The summed E-state index contributed by atoms with van der Waals surface area (Å²) in [6.07, 6.45) is 2.02. The van der Waals surface area contributed by atoms with Gasteiger partial charge in [0.2, 0.25) is 5.96 Å². The highest BCUT2D eigenvalue weighted by atomic mass is 19.1. The van der Waals surface area contributed by atoms with Gasteiger partial charge in [0.15, 0.2) is 0 Å². The molecule has 0 radical (unpaired) electrons. The number of carbonyl (C=O) groups is 1. The van der Waals surface area contributed by atoms with Crippen molar-refractivity contribution in [3.8, 4) is 0 Å². The first-order valence-corrected chi connectivity index (χ1v) is 8.26. The topological polar surface area (TPSA) is 62.7 Å². The number of hydrogen-bond donors (Lipinski definition) is 2. The van der Waals surface area contributed by atoms with Crippen molar-refractivity contribution in [1.29, 1.82) is 0 Å². The van der Waals surface area contributed by atoms with Crippen molar-refractivity contribution in [1.82, 2.24) is 5.32 Å². The van der Waals surface area contributed by atoms with Crippen molar-refractivity contribution in [3.63, 3.8) is 0 Å². The van der Waals surface area contributed by atoms with E-state index in [-0.39, 0.29) is 23.8 Å². The predicted octanol–water partition coefficient (Wildman–Crippen LogP) is 3.20. The maximum atomic E-state index is 13.4. The SMILES string of the molecule is O=C(NC(=NC[C@@H]1CCCO1)Nc1cccc(F)c1)c1ccccc1. The molecule has 2 aromatic rings. The Kier molecular flexibility index (Phi) is 5.74. The zero-order valence-electron chi connectivity index (χ0n) is 13.7. The monoisotopic (exact) mass is 341 g/mol. The molecular formula is C19H20FN3O2. The second-order valence-corrected chi connectivity index (χ2v) is 5.78. The van der Waals surface area contributed by atoms with Crippen molar-refractivity contribution in [3.05, 3.63) is 66.0 Å². The van der Waals surface area contributed by atoms with E-state index in [0.29, 0.717) is 17.8 Å². The Labute approximate surface area is 145 Å². The van der Waals surface area contributed by atoms with E-state index in [4.69, 9.17) is 4.74 Å². The first-order chi connectivity index (χ1) is 12.2. The molecule has 0 unspecified atom stereocenters. The maximum absolute atomic E-state index is 13.4. The van der Waals surface area contributed by atoms with Crippen LogP contribution in [0.15, 0.2) is 59.6 Å². The average Bonchev–Trinajstić information content (AvgIpc) is 3.14. The fraction of sp³-hybridized carbons (Fsp3) is 0.263. The van der Waals surface area contributed by atoms with Gasteiger partial charge in [-0.3, -0.25) is 10.1 Å². The van der Waals surface area contributed by atoms with Crippen LogP contribution in [0.1, 0.15) is 23.2 Å². The largest absolute Gasteiger partial charge is 0.376 e. The molecule has 0 bridgehead atoms. The average molecular weight is 341 g/mol. The summed E-state index contributed by atoms with van der Waals surface area (Å²) in [4.78, 5) is 16.8. The third-order valence-corrected chi connectivity index (χ3v) is 3.83. The van der Waals surface area contributed by atoms with Crippen LogP contribution in [0.2, 0.25) is 0 Å². The molecule has 2 aromatic carbocycles. The van der Waals surface area contributed by atoms with E-state index in [1.165, 1.54) is 12.1 Å². The highest BCUT2D eigenvalue weighted by Crippen LogP contribution is 2.13. The second-order valence-electron chi connectivity index (χ2n) is 5.78. The van der Waals surface area contributed by atoms with Gasteiger partial charge in [-0.15, -0.1) is 0 Å². The molecule has 0 aliphatic carbocycles. The molecule has 2 N–H and O–H groups in total. The molecule has 130 valence electrons. The summed E-state index contributed by atoms with van der Waals surface area (Å²) in [6.45, 7) is 1.18. The van der Waals surface area contributed by atoms with Crippen molar-refractivity contribution in [2.45, 2.75) is 18.9 Å². The Bertz CT molecular complexity index is 743. The van der Waals surface area contributed by atoms with Crippen LogP contribution in [0.25, 0.3) is 0 Å². The van der Waals surface area contributed by atoms with Crippen molar-refractivity contribution >= 4 is 17.6 Å². The zero-order chi connectivity index (χ0) is 17.5. The summed E-state index contributed by atoms with van der Waals surface area (Å²) in [5.74, 6) is -0.372. The van der Waals surface area contributed by atoms with Crippen LogP contribution in [0.3, 0.4) is 0 Å². The number of ether oxygens (including phenoxy) is 1. The van der Waals surface area contributed by atoms with Crippen LogP contribution >= 0.6 is 0 Å². The molecule has 1 amide bonds. The molecule has 0 saturated carbocycles. The van der Waals surface area contributed by atoms with Gasteiger partial charge in [0.05, 0.1) is 12.6 Å². The van der Waals surface area contributed by atoms with Gasteiger partial charge in [-0.25, -0.2) is 9.38 Å². The quantitative estimate of drug-likeness (QED) is 0.663. The Morgan fingerprint density at radius 1 is 1.20 bits per heavy atom. The Hall–Kier alpha value is -2.73. The van der Waals surface area contributed by atoms with E-state index >= 15 is 0 Å². The van der Waals surface area contributed by atoms with Gasteiger partial charge < -0.3 is 10.1 Å². The van der Waals surface area contributed by atoms with E-state index < -0.39 is 0 Å². The lowest BCUT2D eigenvalue weighted by Gasteiger charge is -2.13. The van der Waals surface area contributed by atoms with Crippen molar-refractivity contribution in [2.75, 3.05) is 18.5 Å². The molecule has 1 aliphatic rings. The predicted molar refractivity (Wildman–Crippen MR) is 95.2 cm³/mol. The molecule has 1 atom stereocenters. The normalized spacial score (nSPS) is 17.3. The molecule has 1 aliphatic heterocycles. The van der Waals surface area contributed by atoms with E-state index in [9.17, 15) is 9.18 Å². The minimum atomic E-state index is -0.363. The summed E-state index contributed by atoms with van der Waals surface area (Å²) < 4.78 is 18.9. The number of nitrogens with zero attached hydrogens (tertiary/aromatic N) is 1. The highest BCUT2D eigenvalue weighted by molar-refractivity contribution is 6.09. The van der Waals surface area contributed by atoms with Crippen LogP contribution in [0.5, 0.6) is 0 Å². The molecule has 3 rings (SSSR count). The summed E-state index contributed by atoms with van der Waals surface area (Å²) in [6, 6.07) is 14.9. The third-order valence-electron chi connectivity index (χ3n) is 3.83. The first kappa shape index (κ1) is 17.1. The number of benzene rings is 2. The molecule has 5 nitrogen and oxygen atoms in total. The van der Waals surface area contributed by atoms with Crippen LogP contribution in [-0.2, 0) is 4.74 Å². The van der Waals surface area contributed by atoms with Gasteiger partial charge in [0.1, 0.15) is 5.82 Å². The van der Waals surface area contributed by atoms with Crippen LogP contribution < -0.4 is 10.6 Å². The Balaban J connectivity index is 1.73. The van der Waals surface area contributed by atoms with Gasteiger partial charge in [-0.05, 0) is 43.2 Å². The second kappa shape index (κ2) is 8.39. The van der Waals surface area contributed by atoms with Crippen LogP contribution in [0.4, 0.5) is 10.1 Å². The van der Waals surface area contributed by atoms with E-state index in [0.717, 1.165) is 19.4 Å². The minimum absolute atomic E-state index is 0.0536. The lowest BCUT2D eigenvalue weighted by molar-refractivity contribution is 0.0975. The Morgan fingerprint density at radius 2 is 2.04 bits per heavy atom. The Morgan fingerprint density at radius 3 is 2.76 bits per heavy atom. The van der Waals surface area contributed by atoms with Crippen LogP contribution in [-0.4, -0.2) is 31.1 Å². The third kappa shape index (κ3) is 5.12.